The van der Waals surface area contributed by atoms with Crippen LogP contribution in [-0.2, 0) is 4.79 Å². The van der Waals surface area contributed by atoms with Crippen LogP contribution in [0.1, 0.15) is 6.42 Å². The maximum absolute atomic E-state index is 12.5. The quantitative estimate of drug-likeness (QED) is 0.724. The Morgan fingerprint density at radius 2 is 1.81 bits per heavy atom. The first-order chi connectivity index (χ1) is 7.50. The zero-order valence-electron chi connectivity index (χ0n) is 8.37. The molecular formula is C11H10F3NO. The average Bonchev–Trinajstić information content (AvgIpc) is 2.61. The van der Waals surface area contributed by atoms with Gasteiger partial charge >= 0.3 is 6.18 Å². The summed E-state index contributed by atoms with van der Waals surface area (Å²) in [6, 6.07) is 8.42. The van der Waals surface area contributed by atoms with Crippen LogP contribution in [-0.4, -0.2) is 18.6 Å². The molecule has 1 saturated heterocycles. The lowest BCUT2D eigenvalue weighted by molar-refractivity contribution is -0.177. The molecule has 0 aliphatic carbocycles. The van der Waals surface area contributed by atoms with Gasteiger partial charge in [-0.05, 0) is 18.6 Å². The molecule has 1 heterocycles. The number of para-hydroxylation sites is 1. The predicted octanol–water partition coefficient (Wildman–Crippen LogP) is 2.60. The highest BCUT2D eigenvalue weighted by Crippen LogP contribution is 2.36. The number of anilines is 1. The smallest absolute Gasteiger partial charge is 0.312 e. The van der Waals surface area contributed by atoms with Gasteiger partial charge in [-0.3, -0.25) is 4.79 Å². The minimum atomic E-state index is -4.43. The number of rotatable bonds is 1. The first-order valence-corrected chi connectivity index (χ1v) is 4.93. The first-order valence-electron chi connectivity index (χ1n) is 4.93. The van der Waals surface area contributed by atoms with Crippen LogP contribution < -0.4 is 4.90 Å². The summed E-state index contributed by atoms with van der Waals surface area (Å²) in [6.45, 7) is 0.132. The predicted molar refractivity (Wildman–Crippen MR) is 53.0 cm³/mol. The molecule has 2 rings (SSSR count). The van der Waals surface area contributed by atoms with Gasteiger partial charge in [-0.1, -0.05) is 18.2 Å². The van der Waals surface area contributed by atoms with E-state index in [1.165, 1.54) is 4.90 Å². The van der Waals surface area contributed by atoms with Crippen LogP contribution in [0.2, 0.25) is 0 Å². The molecule has 1 aliphatic heterocycles. The molecule has 86 valence electrons. The summed E-state index contributed by atoms with van der Waals surface area (Å²) in [5.41, 5.74) is 0.527. The van der Waals surface area contributed by atoms with E-state index < -0.39 is 18.0 Å². The van der Waals surface area contributed by atoms with E-state index in [-0.39, 0.29) is 13.0 Å². The highest BCUT2D eigenvalue weighted by atomic mass is 19.4. The second kappa shape index (κ2) is 3.81. The van der Waals surface area contributed by atoms with E-state index >= 15 is 0 Å². The van der Waals surface area contributed by atoms with Crippen LogP contribution >= 0.6 is 0 Å². The van der Waals surface area contributed by atoms with E-state index in [1.54, 1.807) is 30.3 Å². The van der Waals surface area contributed by atoms with Crippen molar-refractivity contribution < 1.29 is 18.0 Å². The Morgan fingerprint density at radius 1 is 1.19 bits per heavy atom. The number of amides is 1. The van der Waals surface area contributed by atoms with Gasteiger partial charge in [-0.25, -0.2) is 0 Å². The number of benzene rings is 1. The molecule has 1 fully saturated rings. The van der Waals surface area contributed by atoms with Gasteiger partial charge in [0.1, 0.15) is 5.92 Å². The van der Waals surface area contributed by atoms with Crippen LogP contribution in [0.5, 0.6) is 0 Å². The van der Waals surface area contributed by atoms with Crippen molar-refractivity contribution in [3.63, 3.8) is 0 Å². The average molecular weight is 229 g/mol. The fourth-order valence-electron chi connectivity index (χ4n) is 1.85. The van der Waals surface area contributed by atoms with Crippen LogP contribution in [0.25, 0.3) is 0 Å². The number of nitrogens with zero attached hydrogens (tertiary/aromatic N) is 1. The second-order valence-electron chi connectivity index (χ2n) is 3.71. The highest BCUT2D eigenvalue weighted by molar-refractivity contribution is 5.97. The molecule has 1 aromatic carbocycles. The molecule has 1 amide bonds. The standard InChI is InChI=1S/C11H10F3NO/c12-11(13,14)9-6-7-15(10(9)16)8-4-2-1-3-5-8/h1-5,9H,6-7H2. The molecule has 1 unspecified atom stereocenters. The summed E-state index contributed by atoms with van der Waals surface area (Å²) in [6.07, 6.45) is -4.59. The fourth-order valence-corrected chi connectivity index (χ4v) is 1.85. The van der Waals surface area contributed by atoms with Crippen molar-refractivity contribution in [2.45, 2.75) is 12.6 Å². The normalized spacial score (nSPS) is 21.6. The molecule has 0 aromatic heterocycles. The van der Waals surface area contributed by atoms with Gasteiger partial charge in [0.05, 0.1) is 0 Å². The Hall–Kier alpha value is -1.52. The highest BCUT2D eigenvalue weighted by Gasteiger charge is 2.50. The Kier molecular flexibility index (Phi) is 2.61. The summed E-state index contributed by atoms with van der Waals surface area (Å²) in [5.74, 6) is -2.69. The minimum Gasteiger partial charge on any atom is -0.312 e. The van der Waals surface area contributed by atoms with Crippen molar-refractivity contribution in [1.82, 2.24) is 0 Å². The molecule has 1 atom stereocenters. The van der Waals surface area contributed by atoms with Gasteiger partial charge in [-0.15, -0.1) is 0 Å². The zero-order valence-corrected chi connectivity index (χ0v) is 8.37. The van der Waals surface area contributed by atoms with E-state index in [1.807, 2.05) is 0 Å². The number of carbonyl (C=O) groups excluding carboxylic acids is 1. The Balaban J connectivity index is 2.20. The van der Waals surface area contributed by atoms with E-state index in [2.05, 4.69) is 0 Å². The van der Waals surface area contributed by atoms with Gasteiger partial charge in [0.15, 0.2) is 0 Å². The SMILES string of the molecule is O=C1C(C(F)(F)F)CCN1c1ccccc1. The van der Waals surface area contributed by atoms with Gasteiger partial charge in [0.2, 0.25) is 5.91 Å². The summed E-state index contributed by atoms with van der Waals surface area (Å²) in [4.78, 5) is 12.8. The molecule has 16 heavy (non-hydrogen) atoms. The van der Waals surface area contributed by atoms with Crippen molar-refractivity contribution in [2.24, 2.45) is 5.92 Å². The summed E-state index contributed by atoms with van der Waals surface area (Å²) >= 11 is 0. The molecule has 0 radical (unpaired) electrons. The maximum atomic E-state index is 12.5. The third-order valence-electron chi connectivity index (χ3n) is 2.67. The van der Waals surface area contributed by atoms with E-state index in [9.17, 15) is 18.0 Å². The Morgan fingerprint density at radius 3 is 2.31 bits per heavy atom. The number of carbonyl (C=O) groups is 1. The number of alkyl halides is 3. The minimum absolute atomic E-state index is 0.132. The number of halogens is 3. The molecule has 1 aromatic rings. The maximum Gasteiger partial charge on any atom is 0.400 e. The Bertz CT molecular complexity index is 388. The monoisotopic (exact) mass is 229 g/mol. The molecule has 0 bridgehead atoms. The van der Waals surface area contributed by atoms with Crippen molar-refractivity contribution in [2.75, 3.05) is 11.4 Å². The van der Waals surface area contributed by atoms with E-state index in [0.717, 1.165) is 0 Å². The van der Waals surface area contributed by atoms with Crippen molar-refractivity contribution in [1.29, 1.82) is 0 Å². The van der Waals surface area contributed by atoms with E-state index in [4.69, 9.17) is 0 Å². The number of hydrogen-bond donors (Lipinski definition) is 0. The van der Waals surface area contributed by atoms with Crippen molar-refractivity contribution in [3.8, 4) is 0 Å². The summed E-state index contributed by atoms with van der Waals surface area (Å²) in [7, 11) is 0. The summed E-state index contributed by atoms with van der Waals surface area (Å²) < 4.78 is 37.4. The Labute approximate surface area is 90.7 Å². The zero-order chi connectivity index (χ0) is 11.8. The van der Waals surface area contributed by atoms with Crippen LogP contribution in [0, 0.1) is 5.92 Å². The molecule has 5 heteroatoms. The van der Waals surface area contributed by atoms with Crippen molar-refractivity contribution >= 4 is 11.6 Å². The second-order valence-corrected chi connectivity index (χ2v) is 3.71. The third-order valence-corrected chi connectivity index (χ3v) is 2.67. The largest absolute Gasteiger partial charge is 0.400 e. The number of hydrogen-bond acceptors (Lipinski definition) is 1. The third kappa shape index (κ3) is 1.89. The van der Waals surface area contributed by atoms with Gasteiger partial charge < -0.3 is 4.90 Å². The van der Waals surface area contributed by atoms with Gasteiger partial charge in [0, 0.05) is 12.2 Å². The molecule has 0 N–H and O–H groups in total. The topological polar surface area (TPSA) is 20.3 Å². The molecule has 0 saturated carbocycles. The van der Waals surface area contributed by atoms with Crippen LogP contribution in [0.15, 0.2) is 30.3 Å². The van der Waals surface area contributed by atoms with Gasteiger partial charge in [-0.2, -0.15) is 13.2 Å². The molecule has 1 aliphatic rings. The van der Waals surface area contributed by atoms with Crippen LogP contribution in [0.3, 0.4) is 0 Å². The van der Waals surface area contributed by atoms with Crippen LogP contribution in [0.4, 0.5) is 18.9 Å². The lowest BCUT2D eigenvalue weighted by Gasteiger charge is -2.17. The van der Waals surface area contributed by atoms with E-state index in [0.29, 0.717) is 5.69 Å². The lowest BCUT2D eigenvalue weighted by Crippen LogP contribution is -2.33. The van der Waals surface area contributed by atoms with Gasteiger partial charge in [0.25, 0.3) is 0 Å². The molecular weight excluding hydrogens is 219 g/mol. The summed E-state index contributed by atoms with van der Waals surface area (Å²) in [5, 5.41) is 0. The fraction of sp³-hybridized carbons (Fsp3) is 0.364. The first kappa shape index (κ1) is 11.0. The lowest BCUT2D eigenvalue weighted by atomic mass is 10.1. The molecule has 0 spiro atoms. The molecule has 2 nitrogen and oxygen atoms in total. The van der Waals surface area contributed by atoms with Crippen molar-refractivity contribution in [3.05, 3.63) is 30.3 Å².